The van der Waals surface area contributed by atoms with E-state index in [0.29, 0.717) is 5.56 Å². The van der Waals surface area contributed by atoms with E-state index < -0.39 is 17.4 Å². The predicted molar refractivity (Wildman–Crippen MR) is 95.4 cm³/mol. The summed E-state index contributed by atoms with van der Waals surface area (Å²) in [5.74, 6) is -0.618. The third kappa shape index (κ3) is 5.65. The van der Waals surface area contributed by atoms with Crippen LogP contribution in [0.2, 0.25) is 5.02 Å². The lowest BCUT2D eigenvalue weighted by Gasteiger charge is -2.10. The highest BCUT2D eigenvalue weighted by Gasteiger charge is 2.13. The molecule has 0 aliphatic rings. The van der Waals surface area contributed by atoms with Gasteiger partial charge in [0.05, 0.1) is 12.0 Å². The highest BCUT2D eigenvalue weighted by molar-refractivity contribution is 6.32. The molecular formula is C17H13ClF2N2O5. The number of anilines is 1. The molecule has 2 aromatic rings. The van der Waals surface area contributed by atoms with Crippen molar-refractivity contribution in [2.75, 3.05) is 12.4 Å². The Labute approximate surface area is 157 Å². The van der Waals surface area contributed by atoms with Crippen LogP contribution in [-0.4, -0.2) is 24.6 Å². The predicted octanol–water partition coefficient (Wildman–Crippen LogP) is 4.51. The molecule has 0 heterocycles. The van der Waals surface area contributed by atoms with Gasteiger partial charge in [0.25, 0.3) is 5.69 Å². The average Bonchev–Trinajstić information content (AvgIpc) is 2.61. The normalized spacial score (nSPS) is 10.9. The fraction of sp³-hybridized carbons (Fsp3) is 0.118. The van der Waals surface area contributed by atoms with Gasteiger partial charge < -0.3 is 14.8 Å². The van der Waals surface area contributed by atoms with Crippen LogP contribution >= 0.6 is 11.6 Å². The number of nitro benzene ring substituents is 1. The van der Waals surface area contributed by atoms with Gasteiger partial charge in [-0.3, -0.25) is 14.9 Å². The highest BCUT2D eigenvalue weighted by Crippen LogP contribution is 2.30. The van der Waals surface area contributed by atoms with Crippen molar-refractivity contribution in [3.8, 4) is 11.5 Å². The second kappa shape index (κ2) is 8.95. The Morgan fingerprint density at radius 1 is 1.26 bits per heavy atom. The minimum Gasteiger partial charge on any atom is -0.493 e. The molecule has 2 aromatic carbocycles. The smallest absolute Gasteiger partial charge is 0.387 e. The van der Waals surface area contributed by atoms with Crippen LogP contribution in [0.1, 0.15) is 5.56 Å². The number of hydrogen-bond acceptors (Lipinski definition) is 5. The topological polar surface area (TPSA) is 90.7 Å². The zero-order chi connectivity index (χ0) is 20.0. The number of methoxy groups -OCH3 is 1. The van der Waals surface area contributed by atoms with Gasteiger partial charge in [0, 0.05) is 17.8 Å². The second-order valence-electron chi connectivity index (χ2n) is 5.03. The number of nitrogens with zero attached hydrogens (tertiary/aromatic N) is 1. The molecule has 142 valence electrons. The minimum atomic E-state index is -2.99. The molecule has 0 aliphatic carbocycles. The minimum absolute atomic E-state index is 0.0493. The summed E-state index contributed by atoms with van der Waals surface area (Å²) in [4.78, 5) is 22.1. The quantitative estimate of drug-likeness (QED) is 0.421. The van der Waals surface area contributed by atoms with E-state index in [9.17, 15) is 23.7 Å². The fourth-order valence-electron chi connectivity index (χ4n) is 2.07. The lowest BCUT2D eigenvalue weighted by molar-refractivity contribution is -0.384. The summed E-state index contributed by atoms with van der Waals surface area (Å²) in [6.45, 7) is -2.99. The van der Waals surface area contributed by atoms with Crippen LogP contribution < -0.4 is 14.8 Å². The first-order chi connectivity index (χ1) is 12.8. The van der Waals surface area contributed by atoms with Crippen molar-refractivity contribution in [3.05, 3.63) is 63.2 Å². The zero-order valence-corrected chi connectivity index (χ0v) is 14.6. The Morgan fingerprint density at radius 3 is 2.63 bits per heavy atom. The van der Waals surface area contributed by atoms with Gasteiger partial charge in [0.2, 0.25) is 5.91 Å². The fourth-order valence-corrected chi connectivity index (χ4v) is 2.25. The van der Waals surface area contributed by atoms with Gasteiger partial charge in [-0.15, -0.1) is 0 Å². The SMILES string of the molecule is COc1cc(/C=C/C(=O)Nc2ccc(Cl)c([N+](=O)[O-])c2)ccc1OC(F)F. The maximum atomic E-state index is 12.3. The summed E-state index contributed by atoms with van der Waals surface area (Å²) in [6.07, 6.45) is 2.58. The van der Waals surface area contributed by atoms with Crippen molar-refractivity contribution < 1.29 is 28.0 Å². The second-order valence-corrected chi connectivity index (χ2v) is 5.44. The standard InChI is InChI=1S/C17H13ClF2N2O5/c1-26-15-8-10(2-6-14(15)27-17(19)20)3-7-16(23)21-11-4-5-12(18)13(9-11)22(24)25/h2-9,17H,1H3,(H,21,23)/b7-3+. The van der Waals surface area contributed by atoms with Crippen LogP contribution in [0.4, 0.5) is 20.2 Å². The molecule has 10 heteroatoms. The van der Waals surface area contributed by atoms with Crippen molar-refractivity contribution in [2.45, 2.75) is 6.61 Å². The van der Waals surface area contributed by atoms with Crippen molar-refractivity contribution in [1.82, 2.24) is 0 Å². The molecule has 0 bridgehead atoms. The van der Waals surface area contributed by atoms with E-state index in [4.69, 9.17) is 16.3 Å². The number of hydrogen-bond donors (Lipinski definition) is 1. The number of alkyl halides is 2. The molecule has 0 spiro atoms. The Hall–Kier alpha value is -3.20. The van der Waals surface area contributed by atoms with Crippen LogP contribution in [0.15, 0.2) is 42.5 Å². The van der Waals surface area contributed by atoms with Crippen molar-refractivity contribution in [1.29, 1.82) is 0 Å². The van der Waals surface area contributed by atoms with Crippen molar-refractivity contribution >= 4 is 35.0 Å². The molecule has 0 aliphatic heterocycles. The van der Waals surface area contributed by atoms with Crippen molar-refractivity contribution in [2.24, 2.45) is 0 Å². The molecule has 0 atom stereocenters. The van der Waals surface area contributed by atoms with E-state index in [2.05, 4.69) is 10.1 Å². The summed E-state index contributed by atoms with van der Waals surface area (Å²) in [7, 11) is 1.29. The molecule has 0 saturated carbocycles. The molecule has 2 rings (SSSR count). The first-order valence-corrected chi connectivity index (χ1v) is 7.74. The Morgan fingerprint density at radius 2 is 2.00 bits per heavy atom. The van der Waals surface area contributed by atoms with E-state index in [0.717, 1.165) is 6.07 Å². The molecule has 27 heavy (non-hydrogen) atoms. The molecule has 1 amide bonds. The number of benzene rings is 2. The van der Waals surface area contributed by atoms with Crippen LogP contribution in [0.3, 0.4) is 0 Å². The Balaban J connectivity index is 2.10. The first-order valence-electron chi connectivity index (χ1n) is 7.36. The van der Waals surface area contributed by atoms with Gasteiger partial charge in [-0.25, -0.2) is 0 Å². The number of rotatable bonds is 7. The number of carbonyl (C=O) groups is 1. The monoisotopic (exact) mass is 398 g/mol. The van der Waals surface area contributed by atoms with E-state index in [1.807, 2.05) is 0 Å². The van der Waals surface area contributed by atoms with Gasteiger partial charge >= 0.3 is 6.61 Å². The van der Waals surface area contributed by atoms with Gasteiger partial charge in [-0.05, 0) is 35.9 Å². The molecule has 0 radical (unpaired) electrons. The number of nitro groups is 1. The van der Waals surface area contributed by atoms with Crippen LogP contribution in [0.25, 0.3) is 6.08 Å². The molecule has 0 aromatic heterocycles. The van der Waals surface area contributed by atoms with Gasteiger partial charge in [0.15, 0.2) is 11.5 Å². The van der Waals surface area contributed by atoms with Crippen LogP contribution in [0.5, 0.6) is 11.5 Å². The number of ether oxygens (including phenoxy) is 2. The summed E-state index contributed by atoms with van der Waals surface area (Å²) in [5, 5.41) is 13.3. The molecule has 7 nitrogen and oxygen atoms in total. The lowest BCUT2D eigenvalue weighted by Crippen LogP contribution is -2.08. The summed E-state index contributed by atoms with van der Waals surface area (Å²) < 4.78 is 33.9. The Bertz CT molecular complexity index is 890. The summed E-state index contributed by atoms with van der Waals surface area (Å²) >= 11 is 5.70. The van der Waals surface area contributed by atoms with E-state index in [1.165, 1.54) is 49.6 Å². The largest absolute Gasteiger partial charge is 0.493 e. The first kappa shape index (κ1) is 20.1. The van der Waals surface area contributed by atoms with Gasteiger partial charge in [-0.1, -0.05) is 17.7 Å². The van der Waals surface area contributed by atoms with Crippen LogP contribution in [0, 0.1) is 10.1 Å². The molecular weight excluding hydrogens is 386 g/mol. The van der Waals surface area contributed by atoms with Crippen LogP contribution in [-0.2, 0) is 4.79 Å². The maximum Gasteiger partial charge on any atom is 0.387 e. The van der Waals surface area contributed by atoms with E-state index in [1.54, 1.807) is 0 Å². The molecule has 0 unspecified atom stereocenters. The maximum absolute atomic E-state index is 12.3. The number of halogens is 3. The third-order valence-corrected chi connectivity index (χ3v) is 3.56. The lowest BCUT2D eigenvalue weighted by atomic mass is 10.2. The Kier molecular flexibility index (Phi) is 6.67. The number of nitrogens with one attached hydrogen (secondary N) is 1. The average molecular weight is 399 g/mol. The van der Waals surface area contributed by atoms with Gasteiger partial charge in [0.1, 0.15) is 5.02 Å². The van der Waals surface area contributed by atoms with Gasteiger partial charge in [-0.2, -0.15) is 8.78 Å². The summed E-state index contributed by atoms with van der Waals surface area (Å²) in [5.41, 5.74) is 0.350. The number of amides is 1. The van der Waals surface area contributed by atoms with E-state index >= 15 is 0 Å². The highest BCUT2D eigenvalue weighted by atomic mass is 35.5. The summed E-state index contributed by atoms with van der Waals surface area (Å²) in [6, 6.07) is 8.00. The van der Waals surface area contributed by atoms with E-state index in [-0.39, 0.29) is 27.9 Å². The third-order valence-electron chi connectivity index (χ3n) is 3.24. The zero-order valence-electron chi connectivity index (χ0n) is 13.8. The molecule has 1 N–H and O–H groups in total. The van der Waals surface area contributed by atoms with Crippen molar-refractivity contribution in [3.63, 3.8) is 0 Å². The number of carbonyl (C=O) groups excluding carboxylic acids is 1. The molecule has 0 fully saturated rings. The molecule has 0 saturated heterocycles.